The Morgan fingerprint density at radius 2 is 1.74 bits per heavy atom. The van der Waals surface area contributed by atoms with Gasteiger partial charge in [0, 0.05) is 59.0 Å². The molecule has 2 amide bonds. The molecule has 2 aliphatic rings. The maximum Gasteiger partial charge on any atom is 0.249 e. The first-order chi connectivity index (χ1) is 17.0. The van der Waals surface area contributed by atoms with Crippen LogP contribution in [0.4, 0.5) is 0 Å². The first-order valence-corrected chi connectivity index (χ1v) is 12.7. The van der Waals surface area contributed by atoms with Crippen molar-refractivity contribution in [1.29, 1.82) is 0 Å². The number of rotatable bonds is 9. The molecule has 7 heteroatoms. The van der Waals surface area contributed by atoms with Crippen LogP contribution in [0.5, 0.6) is 0 Å². The maximum atomic E-state index is 13.5. The Kier molecular flexibility index (Phi) is 8.90. The van der Waals surface area contributed by atoms with Crippen LogP contribution in [0.3, 0.4) is 0 Å². The van der Waals surface area contributed by atoms with Gasteiger partial charge in [-0.1, -0.05) is 60.2 Å². The van der Waals surface area contributed by atoms with Crippen LogP contribution in [0, 0.1) is 6.92 Å². The van der Waals surface area contributed by atoms with Crippen molar-refractivity contribution < 1.29 is 14.3 Å². The van der Waals surface area contributed by atoms with E-state index in [2.05, 4.69) is 65.7 Å². The predicted octanol–water partition coefficient (Wildman–Crippen LogP) is 2.09. The molecule has 2 aliphatic heterocycles. The summed E-state index contributed by atoms with van der Waals surface area (Å²) in [7, 11) is 1.53. The van der Waals surface area contributed by atoms with E-state index in [1.54, 1.807) is 4.90 Å². The summed E-state index contributed by atoms with van der Waals surface area (Å²) in [4.78, 5) is 32.6. The average Bonchev–Trinajstić information content (AvgIpc) is 3.34. The Morgan fingerprint density at radius 3 is 2.43 bits per heavy atom. The molecule has 35 heavy (non-hydrogen) atoms. The highest BCUT2D eigenvalue weighted by molar-refractivity contribution is 5.89. The first-order valence-electron chi connectivity index (χ1n) is 12.7. The third-order valence-electron chi connectivity index (χ3n) is 7.13. The van der Waals surface area contributed by atoms with Gasteiger partial charge < -0.3 is 19.9 Å². The number of hydrogen-bond acceptors (Lipinski definition) is 5. The summed E-state index contributed by atoms with van der Waals surface area (Å²) in [5.74, 6) is -0.0429. The van der Waals surface area contributed by atoms with Gasteiger partial charge in [-0.05, 0) is 30.9 Å². The van der Waals surface area contributed by atoms with Gasteiger partial charge in [0.25, 0.3) is 0 Å². The van der Waals surface area contributed by atoms with Crippen LogP contribution in [0.25, 0.3) is 0 Å². The smallest absolute Gasteiger partial charge is 0.249 e. The molecular formula is C28H38N4O3. The number of methoxy groups -OCH3 is 1. The van der Waals surface area contributed by atoms with Gasteiger partial charge >= 0.3 is 0 Å². The third-order valence-corrected chi connectivity index (χ3v) is 7.13. The second kappa shape index (κ2) is 12.3. The zero-order valence-electron chi connectivity index (χ0n) is 21.0. The second-order valence-electron chi connectivity index (χ2n) is 9.65. The lowest BCUT2D eigenvalue weighted by Gasteiger charge is -2.32. The van der Waals surface area contributed by atoms with E-state index in [-0.39, 0.29) is 24.5 Å². The van der Waals surface area contributed by atoms with Gasteiger partial charge in [-0.15, -0.1) is 0 Å². The first kappa shape index (κ1) is 25.4. The fraction of sp³-hybridized carbons (Fsp3) is 0.500. The van der Waals surface area contributed by atoms with Crippen molar-refractivity contribution in [2.24, 2.45) is 0 Å². The molecular weight excluding hydrogens is 440 g/mol. The van der Waals surface area contributed by atoms with Crippen molar-refractivity contribution in [3.63, 3.8) is 0 Å². The van der Waals surface area contributed by atoms with Crippen molar-refractivity contribution in [1.82, 2.24) is 20.0 Å². The molecule has 0 aliphatic carbocycles. The monoisotopic (exact) mass is 478 g/mol. The minimum Gasteiger partial charge on any atom is -0.375 e. The van der Waals surface area contributed by atoms with Gasteiger partial charge in [-0.3, -0.25) is 14.5 Å². The zero-order chi connectivity index (χ0) is 24.6. The van der Waals surface area contributed by atoms with Crippen molar-refractivity contribution in [3.8, 4) is 0 Å². The highest BCUT2D eigenvalue weighted by Crippen LogP contribution is 2.26. The molecule has 2 aromatic carbocycles. The van der Waals surface area contributed by atoms with E-state index in [0.717, 1.165) is 32.6 Å². The summed E-state index contributed by atoms with van der Waals surface area (Å²) in [6, 6.07) is 18.8. The molecule has 4 rings (SSSR count). The number of benzene rings is 2. The van der Waals surface area contributed by atoms with Crippen molar-refractivity contribution in [2.75, 3.05) is 53.0 Å². The van der Waals surface area contributed by atoms with Crippen molar-refractivity contribution >= 4 is 11.8 Å². The maximum absolute atomic E-state index is 13.5. The van der Waals surface area contributed by atoms with Crippen LogP contribution in [0.1, 0.15) is 23.1 Å². The largest absolute Gasteiger partial charge is 0.375 e. The molecule has 2 heterocycles. The summed E-state index contributed by atoms with van der Waals surface area (Å²) in [6.07, 6.45) is 1.57. The number of hydrogen-bond donors (Lipinski definition) is 1. The van der Waals surface area contributed by atoms with Crippen LogP contribution < -0.4 is 5.32 Å². The van der Waals surface area contributed by atoms with Crippen LogP contribution in [-0.4, -0.2) is 91.6 Å². The molecule has 0 bridgehead atoms. The summed E-state index contributed by atoms with van der Waals surface area (Å²) in [5.41, 5.74) is 3.78. The number of likely N-dealkylation sites (tertiary alicyclic amines) is 1. The molecule has 0 spiro atoms. The molecule has 0 radical (unpaired) electrons. The summed E-state index contributed by atoms with van der Waals surface area (Å²) in [6.45, 7) is 7.27. The minimum atomic E-state index is -0.432. The van der Waals surface area contributed by atoms with Crippen molar-refractivity contribution in [3.05, 3.63) is 71.3 Å². The lowest BCUT2D eigenvalue weighted by molar-refractivity contribution is -0.146. The van der Waals surface area contributed by atoms with E-state index in [0.29, 0.717) is 26.1 Å². The fourth-order valence-electron chi connectivity index (χ4n) is 5.13. The topological polar surface area (TPSA) is 65.1 Å². The zero-order valence-corrected chi connectivity index (χ0v) is 21.0. The predicted molar refractivity (Wildman–Crippen MR) is 137 cm³/mol. The van der Waals surface area contributed by atoms with E-state index in [1.165, 1.54) is 23.8 Å². The molecule has 2 fully saturated rings. The molecule has 2 saturated heterocycles. The minimum absolute atomic E-state index is 0.0000328. The molecule has 0 aromatic heterocycles. The Bertz CT molecular complexity index is 960. The molecule has 2 aromatic rings. The Hall–Kier alpha value is -2.74. The van der Waals surface area contributed by atoms with E-state index >= 15 is 0 Å². The van der Waals surface area contributed by atoms with E-state index in [9.17, 15) is 9.59 Å². The molecule has 2 unspecified atom stereocenters. The van der Waals surface area contributed by atoms with Gasteiger partial charge in [0.2, 0.25) is 11.8 Å². The SMILES string of the molecule is COCC(=O)N1CC(N(CCc2ccccc2)Cc2ccc(C)cc2)CC1C(=O)N1CCNCC1. The van der Waals surface area contributed by atoms with Crippen LogP contribution in [0.15, 0.2) is 54.6 Å². The highest BCUT2D eigenvalue weighted by atomic mass is 16.5. The van der Waals surface area contributed by atoms with E-state index < -0.39 is 6.04 Å². The third kappa shape index (κ3) is 6.69. The lowest BCUT2D eigenvalue weighted by Crippen LogP contribution is -2.53. The number of amides is 2. The Balaban J connectivity index is 1.54. The number of ether oxygens (including phenoxy) is 1. The molecule has 7 nitrogen and oxygen atoms in total. The Labute approximate surface area is 209 Å². The molecule has 1 N–H and O–H groups in total. The second-order valence-corrected chi connectivity index (χ2v) is 9.65. The van der Waals surface area contributed by atoms with Gasteiger partial charge in [0.05, 0.1) is 0 Å². The van der Waals surface area contributed by atoms with Crippen LogP contribution in [-0.2, 0) is 27.3 Å². The normalized spacial score (nSPS) is 20.4. The number of nitrogens with zero attached hydrogens (tertiary/aromatic N) is 3. The average molecular weight is 479 g/mol. The van der Waals surface area contributed by atoms with Gasteiger partial charge in [-0.2, -0.15) is 0 Å². The van der Waals surface area contributed by atoms with Gasteiger partial charge in [0.1, 0.15) is 12.6 Å². The molecule has 2 atom stereocenters. The quantitative estimate of drug-likeness (QED) is 0.598. The fourth-order valence-corrected chi connectivity index (χ4v) is 5.13. The molecule has 188 valence electrons. The number of piperazine rings is 1. The number of carbonyl (C=O) groups excluding carboxylic acids is 2. The highest BCUT2D eigenvalue weighted by Gasteiger charge is 2.43. The van der Waals surface area contributed by atoms with Crippen molar-refractivity contribution in [2.45, 2.75) is 38.4 Å². The van der Waals surface area contributed by atoms with Crippen LogP contribution in [0.2, 0.25) is 0 Å². The summed E-state index contributed by atoms with van der Waals surface area (Å²) >= 11 is 0. The Morgan fingerprint density at radius 1 is 1.03 bits per heavy atom. The van der Waals surface area contributed by atoms with Gasteiger partial charge in [0.15, 0.2) is 0 Å². The van der Waals surface area contributed by atoms with E-state index in [4.69, 9.17) is 4.74 Å². The standard InChI is InChI=1S/C28H38N4O3/c1-22-8-10-24(11-9-22)19-31(15-12-23-6-4-3-5-7-23)25-18-26(32(20-25)27(33)21-35-2)28(34)30-16-13-29-14-17-30/h3-11,25-26,29H,12-21H2,1-2H3. The lowest BCUT2D eigenvalue weighted by atomic mass is 10.1. The summed E-state index contributed by atoms with van der Waals surface area (Å²) < 4.78 is 5.16. The number of carbonyl (C=O) groups is 2. The van der Waals surface area contributed by atoms with Crippen LogP contribution >= 0.6 is 0 Å². The number of nitrogens with one attached hydrogen (secondary N) is 1. The molecule has 0 saturated carbocycles. The summed E-state index contributed by atoms with van der Waals surface area (Å²) in [5, 5.41) is 3.30. The number of aryl methyl sites for hydroxylation is 1. The van der Waals surface area contributed by atoms with E-state index in [1.807, 2.05) is 11.0 Å². The van der Waals surface area contributed by atoms with Gasteiger partial charge in [-0.25, -0.2) is 0 Å².